The largest absolute Gasteiger partial charge is 0.497 e. The molecule has 0 heterocycles. The predicted octanol–water partition coefficient (Wildman–Crippen LogP) is 2.95. The maximum atomic E-state index is 13.5. The van der Waals surface area contributed by atoms with Crippen molar-refractivity contribution >= 4 is 17.6 Å². The Bertz CT molecular complexity index is 715. The number of hydrogen-bond acceptors (Lipinski definition) is 4. The Morgan fingerprint density at radius 1 is 1.12 bits per heavy atom. The number of carbonyl (C=O) groups is 2. The lowest BCUT2D eigenvalue weighted by Crippen LogP contribution is -2.30. The topological polar surface area (TPSA) is 64.6 Å². The first-order chi connectivity index (χ1) is 11.5. The van der Waals surface area contributed by atoms with Gasteiger partial charge in [0.1, 0.15) is 11.6 Å². The molecular weight excluding hydrogens is 313 g/mol. The summed E-state index contributed by atoms with van der Waals surface area (Å²) in [6, 6.07) is 12.7. The maximum absolute atomic E-state index is 13.5. The van der Waals surface area contributed by atoms with Gasteiger partial charge in [-0.05, 0) is 42.8 Å². The van der Waals surface area contributed by atoms with Gasteiger partial charge in [-0.3, -0.25) is 9.59 Å². The first-order valence-electron chi connectivity index (χ1n) is 7.37. The molecule has 2 rings (SSSR count). The maximum Gasteiger partial charge on any atom is 0.311 e. The molecule has 0 fully saturated rings. The van der Waals surface area contributed by atoms with Crippen molar-refractivity contribution in [1.29, 1.82) is 0 Å². The van der Waals surface area contributed by atoms with Gasteiger partial charge in [-0.2, -0.15) is 0 Å². The molecule has 2 aromatic rings. The van der Waals surface area contributed by atoms with Gasteiger partial charge in [-0.25, -0.2) is 4.39 Å². The summed E-state index contributed by atoms with van der Waals surface area (Å²) in [5, 5.41) is 2.63. The van der Waals surface area contributed by atoms with Crippen LogP contribution in [-0.4, -0.2) is 25.1 Å². The van der Waals surface area contributed by atoms with E-state index < -0.39 is 23.8 Å². The Hall–Kier alpha value is -2.89. The summed E-state index contributed by atoms with van der Waals surface area (Å²) in [7, 11) is 1.55. The van der Waals surface area contributed by atoms with Gasteiger partial charge in [0.2, 0.25) is 0 Å². The Morgan fingerprint density at radius 2 is 1.79 bits per heavy atom. The standard InChI is InChI=1S/C18H18FNO4/c1-12(18(22)20-14-7-9-15(23-2)10-8-14)24-17(21)11-13-5-3-4-6-16(13)19/h3-10,12H,11H2,1-2H3,(H,20,22)/t12-/m0/s1. The monoisotopic (exact) mass is 331 g/mol. The summed E-state index contributed by atoms with van der Waals surface area (Å²) in [6.45, 7) is 1.46. The second-order valence-electron chi connectivity index (χ2n) is 5.12. The van der Waals surface area contributed by atoms with Crippen LogP contribution in [0.4, 0.5) is 10.1 Å². The highest BCUT2D eigenvalue weighted by atomic mass is 19.1. The number of halogens is 1. The molecule has 0 bridgehead atoms. The fourth-order valence-corrected chi connectivity index (χ4v) is 2.01. The first-order valence-corrected chi connectivity index (χ1v) is 7.37. The summed E-state index contributed by atoms with van der Waals surface area (Å²) < 4.78 is 23.6. The predicted molar refractivity (Wildman–Crippen MR) is 87.3 cm³/mol. The molecule has 0 aliphatic carbocycles. The second-order valence-corrected chi connectivity index (χ2v) is 5.12. The molecule has 0 aliphatic rings. The number of rotatable bonds is 6. The summed E-state index contributed by atoms with van der Waals surface area (Å²) in [5.41, 5.74) is 0.781. The molecule has 0 radical (unpaired) electrons. The Labute approximate surface area is 139 Å². The van der Waals surface area contributed by atoms with Gasteiger partial charge in [0.25, 0.3) is 5.91 Å². The van der Waals surface area contributed by atoms with Crippen LogP contribution in [0.1, 0.15) is 12.5 Å². The van der Waals surface area contributed by atoms with Crippen molar-refractivity contribution in [2.24, 2.45) is 0 Å². The molecule has 1 amide bonds. The lowest BCUT2D eigenvalue weighted by atomic mass is 10.1. The molecule has 0 aromatic heterocycles. The summed E-state index contributed by atoms with van der Waals surface area (Å²) in [5.74, 6) is -0.957. The normalized spacial score (nSPS) is 11.5. The molecule has 1 atom stereocenters. The minimum Gasteiger partial charge on any atom is -0.497 e. The Balaban J connectivity index is 1.88. The van der Waals surface area contributed by atoms with E-state index in [1.54, 1.807) is 37.4 Å². The molecule has 0 saturated heterocycles. The van der Waals surface area contributed by atoms with Crippen molar-refractivity contribution < 1.29 is 23.5 Å². The Morgan fingerprint density at radius 3 is 2.42 bits per heavy atom. The van der Waals surface area contributed by atoms with Crippen LogP contribution in [0.15, 0.2) is 48.5 Å². The molecule has 126 valence electrons. The van der Waals surface area contributed by atoms with Gasteiger partial charge in [0.15, 0.2) is 6.10 Å². The summed E-state index contributed by atoms with van der Waals surface area (Å²) in [6.07, 6.45) is -1.22. The number of methoxy groups -OCH3 is 1. The molecule has 0 spiro atoms. The second kappa shape index (κ2) is 8.10. The molecular formula is C18H18FNO4. The van der Waals surface area contributed by atoms with Gasteiger partial charge in [0, 0.05) is 5.69 Å². The van der Waals surface area contributed by atoms with Crippen LogP contribution in [0.25, 0.3) is 0 Å². The van der Waals surface area contributed by atoms with Gasteiger partial charge >= 0.3 is 5.97 Å². The third-order valence-electron chi connectivity index (χ3n) is 3.33. The zero-order valence-corrected chi connectivity index (χ0v) is 13.4. The van der Waals surface area contributed by atoms with E-state index in [9.17, 15) is 14.0 Å². The number of hydrogen-bond donors (Lipinski definition) is 1. The fraction of sp³-hybridized carbons (Fsp3) is 0.222. The van der Waals surface area contributed by atoms with Crippen LogP contribution >= 0.6 is 0 Å². The van der Waals surface area contributed by atoms with Crippen molar-refractivity contribution in [3.8, 4) is 5.75 Å². The van der Waals surface area contributed by atoms with E-state index in [2.05, 4.69) is 5.32 Å². The average Bonchev–Trinajstić information content (AvgIpc) is 2.57. The molecule has 0 unspecified atom stereocenters. The highest BCUT2D eigenvalue weighted by Gasteiger charge is 2.19. The van der Waals surface area contributed by atoms with Crippen LogP contribution in [0.2, 0.25) is 0 Å². The van der Waals surface area contributed by atoms with Crippen molar-refractivity contribution in [1.82, 2.24) is 0 Å². The fourth-order valence-electron chi connectivity index (χ4n) is 2.01. The van der Waals surface area contributed by atoms with Crippen molar-refractivity contribution in [3.05, 3.63) is 59.9 Å². The van der Waals surface area contributed by atoms with E-state index in [4.69, 9.17) is 9.47 Å². The molecule has 24 heavy (non-hydrogen) atoms. The number of amides is 1. The number of anilines is 1. The number of carbonyl (C=O) groups excluding carboxylic acids is 2. The number of benzene rings is 2. The summed E-state index contributed by atoms with van der Waals surface area (Å²) >= 11 is 0. The molecule has 0 aliphatic heterocycles. The molecule has 5 nitrogen and oxygen atoms in total. The van der Waals surface area contributed by atoms with Crippen molar-refractivity contribution in [2.75, 3.05) is 12.4 Å². The highest BCUT2D eigenvalue weighted by Crippen LogP contribution is 2.15. The van der Waals surface area contributed by atoms with E-state index in [1.165, 1.54) is 25.1 Å². The van der Waals surface area contributed by atoms with Crippen LogP contribution < -0.4 is 10.1 Å². The third-order valence-corrected chi connectivity index (χ3v) is 3.33. The number of esters is 1. The van der Waals surface area contributed by atoms with Crippen LogP contribution in [0.5, 0.6) is 5.75 Å². The van der Waals surface area contributed by atoms with E-state index in [0.717, 1.165) is 0 Å². The lowest BCUT2D eigenvalue weighted by Gasteiger charge is -2.14. The third kappa shape index (κ3) is 4.81. The quantitative estimate of drug-likeness (QED) is 0.827. The number of nitrogens with one attached hydrogen (secondary N) is 1. The van der Waals surface area contributed by atoms with Crippen LogP contribution in [-0.2, 0) is 20.7 Å². The average molecular weight is 331 g/mol. The molecule has 1 N–H and O–H groups in total. The summed E-state index contributed by atoms with van der Waals surface area (Å²) in [4.78, 5) is 23.9. The first kappa shape index (κ1) is 17.5. The zero-order chi connectivity index (χ0) is 17.5. The van der Waals surface area contributed by atoms with Crippen LogP contribution in [0, 0.1) is 5.82 Å². The molecule has 6 heteroatoms. The van der Waals surface area contributed by atoms with Crippen LogP contribution in [0.3, 0.4) is 0 Å². The molecule has 2 aromatic carbocycles. The van der Waals surface area contributed by atoms with E-state index >= 15 is 0 Å². The van der Waals surface area contributed by atoms with Gasteiger partial charge in [0.05, 0.1) is 13.5 Å². The van der Waals surface area contributed by atoms with Crippen molar-refractivity contribution in [2.45, 2.75) is 19.4 Å². The van der Waals surface area contributed by atoms with E-state index in [-0.39, 0.29) is 12.0 Å². The van der Waals surface area contributed by atoms with Gasteiger partial charge < -0.3 is 14.8 Å². The minimum atomic E-state index is -0.994. The van der Waals surface area contributed by atoms with Gasteiger partial charge in [-0.1, -0.05) is 18.2 Å². The van der Waals surface area contributed by atoms with E-state index in [0.29, 0.717) is 11.4 Å². The lowest BCUT2D eigenvalue weighted by molar-refractivity contribution is -0.152. The minimum absolute atomic E-state index is 0.227. The smallest absolute Gasteiger partial charge is 0.311 e. The number of ether oxygens (including phenoxy) is 2. The molecule has 0 saturated carbocycles. The van der Waals surface area contributed by atoms with E-state index in [1.807, 2.05) is 0 Å². The highest BCUT2D eigenvalue weighted by molar-refractivity contribution is 5.95. The Kier molecular flexibility index (Phi) is 5.89. The van der Waals surface area contributed by atoms with Gasteiger partial charge in [-0.15, -0.1) is 0 Å². The SMILES string of the molecule is COc1ccc(NC(=O)[C@H](C)OC(=O)Cc2ccccc2F)cc1. The van der Waals surface area contributed by atoms with Crippen molar-refractivity contribution in [3.63, 3.8) is 0 Å². The zero-order valence-electron chi connectivity index (χ0n) is 13.4.